The molecule has 7 heteroatoms. The van der Waals surface area contributed by atoms with Gasteiger partial charge in [-0.1, -0.05) is 146 Å². The highest BCUT2D eigenvalue weighted by Crippen LogP contribution is 2.52. The third-order valence-electron chi connectivity index (χ3n) is 14.4. The van der Waals surface area contributed by atoms with Gasteiger partial charge < -0.3 is 22.7 Å². The Labute approximate surface area is 393 Å². The molecule has 0 spiro atoms. The van der Waals surface area contributed by atoms with E-state index in [0.717, 1.165) is 109 Å². The number of para-hydroxylation sites is 8. The molecule has 0 aliphatic carbocycles. The highest BCUT2D eigenvalue weighted by molar-refractivity contribution is 6.20. The maximum atomic E-state index is 12.4. The van der Waals surface area contributed by atoms with E-state index >= 15 is 0 Å². The molecule has 5 heterocycles. The van der Waals surface area contributed by atoms with Crippen LogP contribution >= 0.6 is 0 Å². The summed E-state index contributed by atoms with van der Waals surface area (Å²) < 4.78 is 15.7. The number of rotatable bonds is 4. The van der Waals surface area contributed by atoms with Crippen molar-refractivity contribution in [2.24, 2.45) is 0 Å². The highest BCUT2D eigenvalue weighted by atomic mass is 16.3. The molecule has 69 heavy (non-hydrogen) atoms. The van der Waals surface area contributed by atoms with Crippen molar-refractivity contribution < 1.29 is 4.42 Å². The van der Waals surface area contributed by atoms with Crippen LogP contribution in [-0.2, 0) is 0 Å². The van der Waals surface area contributed by atoms with Crippen molar-refractivity contribution in [1.82, 2.24) is 18.3 Å². The van der Waals surface area contributed by atoms with E-state index in [0.29, 0.717) is 34.0 Å². The van der Waals surface area contributed by atoms with Gasteiger partial charge in [0.2, 0.25) is 5.69 Å². The zero-order valence-corrected chi connectivity index (χ0v) is 36.7. The fourth-order valence-corrected chi connectivity index (χ4v) is 11.7. The van der Waals surface area contributed by atoms with Crippen LogP contribution in [0.25, 0.3) is 137 Å². The third kappa shape index (κ3) is 4.87. The summed E-state index contributed by atoms with van der Waals surface area (Å²) in [7, 11) is 0. The second-order valence-electron chi connectivity index (χ2n) is 17.8. The molecule has 0 aliphatic rings. The van der Waals surface area contributed by atoms with E-state index in [1.54, 1.807) is 0 Å². The minimum atomic E-state index is 0.352. The zero-order valence-electron chi connectivity index (χ0n) is 36.7. The normalized spacial score (nSPS) is 12.0. The average molecular weight is 879 g/mol. The summed E-state index contributed by atoms with van der Waals surface area (Å²) in [6, 6.07) is 74.4. The number of hydrogen-bond donors (Lipinski definition) is 0. The maximum Gasteiger partial charge on any atom is 0.237 e. The number of hydrogen-bond acceptors (Lipinski definition) is 2. The van der Waals surface area contributed by atoms with E-state index in [-0.39, 0.29) is 0 Å². The topological polar surface area (TPSA) is 61.0 Å². The van der Waals surface area contributed by atoms with Crippen LogP contribution in [0.5, 0.6) is 0 Å². The van der Waals surface area contributed by atoms with Gasteiger partial charge in [-0.2, -0.15) is 5.26 Å². The molecule has 10 aromatic carbocycles. The van der Waals surface area contributed by atoms with Gasteiger partial charge in [-0.15, -0.1) is 0 Å². The lowest BCUT2D eigenvalue weighted by Gasteiger charge is -2.27. The Balaban J connectivity index is 1.28. The Kier molecular flexibility index (Phi) is 7.51. The van der Waals surface area contributed by atoms with Crippen molar-refractivity contribution in [3.05, 3.63) is 223 Å². The molecule has 7 nitrogen and oxygen atoms in total. The first-order valence-corrected chi connectivity index (χ1v) is 23.0. The summed E-state index contributed by atoms with van der Waals surface area (Å²) in [5.41, 5.74) is 12.2. The first-order chi connectivity index (χ1) is 34.2. The summed E-state index contributed by atoms with van der Waals surface area (Å²) in [5.74, 6) is 0. The molecule has 0 fully saturated rings. The molecule has 0 amide bonds. The standard InChI is InChI=1S/C62H34N6O/c1-64-58-59(65-48-26-10-2-18-37(48)38-19-3-11-27-49(38)65)47(36-63)60(68-54-32-16-8-24-43(54)45-34-46-44-25-9-17-33-56(44)69-57(46)35-55(45)68)62(67-52-30-14-6-22-41(52)42-23-7-15-31-53(42)67)61(58)66-50-28-12-4-20-39(50)40-21-5-13-29-51(40)66/h2-35H. The predicted octanol–water partition coefficient (Wildman–Crippen LogP) is 16.4. The van der Waals surface area contributed by atoms with Crippen molar-refractivity contribution in [2.45, 2.75) is 0 Å². The molecule has 0 saturated carbocycles. The molecule has 318 valence electrons. The SMILES string of the molecule is [C-]#[N+]c1c(-n2c3ccccc3c3ccccc32)c(C#N)c(-n2c3ccccc3c3cc4c(cc32)oc2ccccc24)c(-n2c3ccccc3c3ccccc32)c1-n1c2ccccc2c2ccccc21. The second-order valence-corrected chi connectivity index (χ2v) is 17.8. The summed E-state index contributed by atoms with van der Waals surface area (Å²) >= 11 is 0. The van der Waals surface area contributed by atoms with Crippen molar-refractivity contribution in [1.29, 1.82) is 5.26 Å². The van der Waals surface area contributed by atoms with Crippen LogP contribution in [0.15, 0.2) is 211 Å². The van der Waals surface area contributed by atoms with Crippen LogP contribution in [0, 0.1) is 17.9 Å². The van der Waals surface area contributed by atoms with Crippen molar-refractivity contribution >= 4 is 115 Å². The monoisotopic (exact) mass is 878 g/mol. The molecule has 0 unspecified atom stereocenters. The van der Waals surface area contributed by atoms with Crippen LogP contribution in [-0.4, -0.2) is 18.3 Å². The molecule has 0 radical (unpaired) electrons. The first kappa shape index (κ1) is 37.4. The van der Waals surface area contributed by atoms with Gasteiger partial charge in [-0.05, 0) is 54.6 Å². The first-order valence-electron chi connectivity index (χ1n) is 23.0. The minimum absolute atomic E-state index is 0.352. The quantitative estimate of drug-likeness (QED) is 0.165. The fraction of sp³-hybridized carbons (Fsp3) is 0. The zero-order chi connectivity index (χ0) is 45.5. The van der Waals surface area contributed by atoms with Crippen LogP contribution in [0.3, 0.4) is 0 Å². The Morgan fingerprint density at radius 2 is 0.681 bits per heavy atom. The largest absolute Gasteiger partial charge is 0.456 e. The third-order valence-corrected chi connectivity index (χ3v) is 14.4. The van der Waals surface area contributed by atoms with Gasteiger partial charge in [-0.25, -0.2) is 4.85 Å². The summed E-state index contributed by atoms with van der Waals surface area (Å²) in [4.78, 5) is 4.68. The number of fused-ring (bicyclic) bond motifs is 15. The second kappa shape index (κ2) is 13.9. The number of nitriles is 1. The Morgan fingerprint density at radius 1 is 0.333 bits per heavy atom. The van der Waals surface area contributed by atoms with Gasteiger partial charge in [0.15, 0.2) is 0 Å². The van der Waals surface area contributed by atoms with E-state index in [4.69, 9.17) is 4.42 Å². The van der Waals surface area contributed by atoms with Crippen molar-refractivity contribution in [3.63, 3.8) is 0 Å². The van der Waals surface area contributed by atoms with Gasteiger partial charge in [-0.3, -0.25) is 0 Å². The lowest BCUT2D eigenvalue weighted by Crippen LogP contribution is -2.14. The van der Waals surface area contributed by atoms with Crippen LogP contribution in [0.2, 0.25) is 0 Å². The van der Waals surface area contributed by atoms with Crippen LogP contribution < -0.4 is 0 Å². The average Bonchev–Trinajstić information content (AvgIpc) is 4.20. The highest BCUT2D eigenvalue weighted by Gasteiger charge is 2.34. The number of furan rings is 1. The molecule has 0 bridgehead atoms. The molecule has 5 aromatic heterocycles. The van der Waals surface area contributed by atoms with E-state index in [9.17, 15) is 11.8 Å². The van der Waals surface area contributed by atoms with Gasteiger partial charge in [0.05, 0.1) is 79.0 Å². The molecule has 0 aliphatic heterocycles. The van der Waals surface area contributed by atoms with Gasteiger partial charge >= 0.3 is 0 Å². The lowest BCUT2D eigenvalue weighted by molar-refractivity contribution is 0.669. The number of benzene rings is 10. The number of nitrogens with zero attached hydrogens (tertiary/aromatic N) is 6. The van der Waals surface area contributed by atoms with Gasteiger partial charge in [0.25, 0.3) is 0 Å². The fourth-order valence-electron chi connectivity index (χ4n) is 11.7. The lowest BCUT2D eigenvalue weighted by atomic mass is 10.0. The summed E-state index contributed by atoms with van der Waals surface area (Å²) in [5, 5.41) is 22.8. The predicted molar refractivity (Wildman–Crippen MR) is 282 cm³/mol. The van der Waals surface area contributed by atoms with Gasteiger partial charge in [0, 0.05) is 59.9 Å². The van der Waals surface area contributed by atoms with E-state index in [2.05, 4.69) is 205 Å². The van der Waals surface area contributed by atoms with E-state index in [1.807, 2.05) is 30.3 Å². The Morgan fingerprint density at radius 3 is 1.10 bits per heavy atom. The van der Waals surface area contributed by atoms with Gasteiger partial charge in [0.1, 0.15) is 17.2 Å². The van der Waals surface area contributed by atoms with E-state index in [1.165, 1.54) is 0 Å². The minimum Gasteiger partial charge on any atom is -0.456 e. The molecule has 0 saturated heterocycles. The molecular formula is C62H34N6O. The van der Waals surface area contributed by atoms with E-state index < -0.39 is 0 Å². The summed E-state index contributed by atoms with van der Waals surface area (Å²) in [6.07, 6.45) is 0. The molecule has 0 N–H and O–H groups in total. The van der Waals surface area contributed by atoms with Crippen LogP contribution in [0.4, 0.5) is 5.69 Å². The van der Waals surface area contributed by atoms with Crippen LogP contribution in [0.1, 0.15) is 5.56 Å². The molecule has 0 atom stereocenters. The Hall–Kier alpha value is -9.82. The Bertz CT molecular complexity index is 4660. The van der Waals surface area contributed by atoms with Crippen molar-refractivity contribution in [3.8, 4) is 28.8 Å². The van der Waals surface area contributed by atoms with Crippen molar-refractivity contribution in [2.75, 3.05) is 0 Å². The number of aromatic nitrogens is 4. The molecule has 15 rings (SSSR count). The molecular weight excluding hydrogens is 845 g/mol. The molecule has 15 aromatic rings. The smallest absolute Gasteiger partial charge is 0.237 e. The summed E-state index contributed by atoms with van der Waals surface area (Å²) in [6.45, 7) is 9.59. The maximum absolute atomic E-state index is 12.4.